The Morgan fingerprint density at radius 1 is 0.787 bits per heavy atom. The van der Waals surface area contributed by atoms with Gasteiger partial charge in [-0.3, -0.25) is 14.4 Å². The van der Waals surface area contributed by atoms with Gasteiger partial charge in [0.05, 0.1) is 12.3 Å². The van der Waals surface area contributed by atoms with Crippen molar-refractivity contribution in [3.8, 4) is 6.07 Å². The van der Waals surface area contributed by atoms with Gasteiger partial charge in [-0.05, 0) is 41.0 Å². The van der Waals surface area contributed by atoms with Crippen LogP contribution in [0.5, 0.6) is 0 Å². The van der Waals surface area contributed by atoms with Crippen molar-refractivity contribution in [1.82, 2.24) is 14.6 Å². The number of hydrogen-bond acceptors (Lipinski definition) is 9. The second-order valence-corrected chi connectivity index (χ2v) is 13.0. The molecule has 310 valence electrons. The van der Waals surface area contributed by atoms with E-state index in [1.54, 1.807) is 48.5 Å². The summed E-state index contributed by atoms with van der Waals surface area (Å²) in [7, 11) is 1.36. The van der Waals surface area contributed by atoms with E-state index in [2.05, 4.69) is 21.5 Å². The Kier molecular flexibility index (Phi) is 16.1. The Labute approximate surface area is 356 Å². The number of fused-ring (bicyclic) bond motifs is 1. The first kappa shape index (κ1) is 45.0. The quantitative estimate of drug-likeness (QED) is 0.0998. The summed E-state index contributed by atoms with van der Waals surface area (Å²) in [5.74, 6) is -0.592. The van der Waals surface area contributed by atoms with Gasteiger partial charge >= 0.3 is 0 Å². The first-order valence-electron chi connectivity index (χ1n) is 20.1. The molecular weight excluding hydrogens is 767 g/mol. The lowest BCUT2D eigenvalue weighted by Crippen LogP contribution is -2.40. The van der Waals surface area contributed by atoms with Crippen LogP contribution in [-0.4, -0.2) is 58.5 Å². The smallest absolute Gasteiger partial charge is 0.256 e. The molecule has 0 spiro atoms. The molecule has 0 bridgehead atoms. The maximum absolute atomic E-state index is 14.1. The van der Waals surface area contributed by atoms with Crippen LogP contribution in [0, 0.1) is 11.3 Å². The van der Waals surface area contributed by atoms with Crippen LogP contribution in [0.25, 0.3) is 5.52 Å². The number of aromatic nitrogens is 3. The van der Waals surface area contributed by atoms with Crippen molar-refractivity contribution in [3.63, 3.8) is 0 Å². The number of carbonyl (C=O) groups excluding carboxylic acids is 3. The maximum Gasteiger partial charge on any atom is 0.256 e. The molecule has 2 aromatic heterocycles. The Morgan fingerprint density at radius 2 is 1.28 bits per heavy atom. The van der Waals surface area contributed by atoms with E-state index in [-0.39, 0.29) is 24.0 Å². The number of amides is 1. The van der Waals surface area contributed by atoms with Gasteiger partial charge in [-0.15, -0.1) is 0 Å². The minimum Gasteiger partial charge on any atom is -0.369 e. The van der Waals surface area contributed by atoms with Crippen molar-refractivity contribution in [1.29, 1.82) is 5.26 Å². The van der Waals surface area contributed by atoms with E-state index in [1.165, 1.54) is 18.0 Å². The molecule has 1 amide bonds. The number of rotatable bonds is 11. The van der Waals surface area contributed by atoms with Crippen LogP contribution in [0.15, 0.2) is 170 Å². The highest BCUT2D eigenvalue weighted by Gasteiger charge is 2.59. The molecule has 0 saturated carbocycles. The van der Waals surface area contributed by atoms with Crippen LogP contribution >= 0.6 is 0 Å². The topological polar surface area (TPSA) is 145 Å². The molecule has 1 fully saturated rings. The number of nitrogens with zero attached hydrogens (tertiary/aromatic N) is 4. The fourth-order valence-corrected chi connectivity index (χ4v) is 7.03. The summed E-state index contributed by atoms with van der Waals surface area (Å²) in [6.45, 7) is 7.80. The van der Waals surface area contributed by atoms with Crippen LogP contribution in [0.3, 0.4) is 0 Å². The molecule has 0 radical (unpaired) electrons. The van der Waals surface area contributed by atoms with Crippen molar-refractivity contribution in [2.75, 3.05) is 19.0 Å². The lowest BCUT2D eigenvalue weighted by atomic mass is 9.80. The average Bonchev–Trinajstić information content (AvgIpc) is 3.91. The Hall–Kier alpha value is -7.10. The van der Waals surface area contributed by atoms with Crippen molar-refractivity contribution < 1.29 is 28.6 Å². The van der Waals surface area contributed by atoms with E-state index in [1.807, 2.05) is 143 Å². The van der Waals surface area contributed by atoms with Gasteiger partial charge in [-0.2, -0.15) is 10.4 Å². The summed E-state index contributed by atoms with van der Waals surface area (Å²) in [6.07, 6.45) is -0.388. The van der Waals surface area contributed by atoms with Gasteiger partial charge in [0.15, 0.2) is 17.7 Å². The van der Waals surface area contributed by atoms with Crippen LogP contribution < -0.4 is 5.32 Å². The molecule has 1 N–H and O–H groups in total. The summed E-state index contributed by atoms with van der Waals surface area (Å²) in [4.78, 5) is 41.3. The lowest BCUT2D eigenvalue weighted by Gasteiger charge is -2.36. The number of hydrogen-bond donors (Lipinski definition) is 1. The third kappa shape index (κ3) is 9.53. The van der Waals surface area contributed by atoms with Gasteiger partial charge in [-0.25, -0.2) is 9.50 Å². The number of carbonyl (C=O) groups is 3. The van der Waals surface area contributed by atoms with Gasteiger partial charge in [-0.1, -0.05) is 167 Å². The molecule has 0 aliphatic carbocycles. The van der Waals surface area contributed by atoms with Crippen LogP contribution in [-0.2, 0) is 30.2 Å². The van der Waals surface area contributed by atoms with Gasteiger partial charge in [0.2, 0.25) is 5.60 Å². The monoisotopic (exact) mass is 815 g/mol. The predicted octanol–water partition coefficient (Wildman–Crippen LogP) is 9.24. The number of ether oxygens (including phenoxy) is 3. The molecule has 3 atom stereocenters. The largest absolute Gasteiger partial charge is 0.369 e. The van der Waals surface area contributed by atoms with Crippen LogP contribution in [0.4, 0.5) is 5.82 Å². The van der Waals surface area contributed by atoms with E-state index >= 15 is 0 Å². The lowest BCUT2D eigenvalue weighted by molar-refractivity contribution is -0.132. The molecule has 11 nitrogen and oxygen atoms in total. The number of benzene rings is 5. The highest BCUT2D eigenvalue weighted by atomic mass is 16.6. The molecule has 11 heteroatoms. The Morgan fingerprint density at radius 3 is 1.74 bits per heavy atom. The summed E-state index contributed by atoms with van der Waals surface area (Å²) >= 11 is 0. The number of aldehydes is 1. The van der Waals surface area contributed by atoms with Crippen LogP contribution in [0.1, 0.15) is 70.8 Å². The maximum atomic E-state index is 14.1. The standard InChI is InChI=1S/C39H31N5O5.C7H6O.2C2H6/c1-47-35-34(45)32(24-48-39(28-16-8-3-9-17-28,29-18-10-4-11-19-29)30-20-12-5-13-21-30)49-38(35,25-40)33-23-22-31-36(41-26-42-44(31)33)43-37(46)27-14-6-2-7-15-27;8-6-7-4-2-1-3-5-7;2*1-2/h2-23,26,32,35H,24H2,1H3,(H,41,42,43,46);1-6H;2*1-2H3. The molecule has 3 unspecified atom stereocenters. The van der Waals surface area contributed by atoms with Crippen molar-refractivity contribution in [2.45, 2.75) is 51.1 Å². The first-order chi connectivity index (χ1) is 29.9. The summed E-state index contributed by atoms with van der Waals surface area (Å²) in [6, 6.07) is 52.6. The minimum absolute atomic E-state index is 0.197. The average molecular weight is 816 g/mol. The second-order valence-electron chi connectivity index (χ2n) is 13.0. The fourth-order valence-electron chi connectivity index (χ4n) is 7.03. The molecule has 3 heterocycles. The normalized spacial score (nSPS) is 16.6. The van der Waals surface area contributed by atoms with Crippen molar-refractivity contribution >= 4 is 29.3 Å². The predicted molar refractivity (Wildman–Crippen MR) is 235 cm³/mol. The van der Waals surface area contributed by atoms with E-state index in [0.717, 1.165) is 28.5 Å². The molecule has 8 rings (SSSR count). The number of methoxy groups -OCH3 is 1. The zero-order valence-corrected chi connectivity index (χ0v) is 34.8. The Bertz CT molecular complexity index is 2400. The molecule has 1 saturated heterocycles. The highest BCUT2D eigenvalue weighted by Crippen LogP contribution is 2.44. The fraction of sp³-hybridized carbons (Fsp3) is 0.200. The zero-order chi connectivity index (χ0) is 43.7. The number of nitriles is 1. The summed E-state index contributed by atoms with van der Waals surface area (Å²) in [5, 5.41) is 17.9. The van der Waals surface area contributed by atoms with Gasteiger partial charge in [0.25, 0.3) is 5.91 Å². The highest BCUT2D eigenvalue weighted by molar-refractivity contribution is 6.05. The van der Waals surface area contributed by atoms with Gasteiger partial charge in [0.1, 0.15) is 35.9 Å². The third-order valence-electron chi connectivity index (χ3n) is 9.70. The minimum atomic E-state index is -1.89. The second kappa shape index (κ2) is 21.8. The molecule has 1 aliphatic heterocycles. The third-order valence-corrected chi connectivity index (χ3v) is 9.70. The van der Waals surface area contributed by atoms with E-state index in [0.29, 0.717) is 11.1 Å². The number of anilines is 1. The molecule has 1 aliphatic rings. The van der Waals surface area contributed by atoms with Crippen molar-refractivity contribution in [2.24, 2.45) is 0 Å². The first-order valence-corrected chi connectivity index (χ1v) is 20.1. The van der Waals surface area contributed by atoms with Crippen LogP contribution in [0.2, 0.25) is 0 Å². The van der Waals surface area contributed by atoms with Gasteiger partial charge in [0, 0.05) is 18.2 Å². The summed E-state index contributed by atoms with van der Waals surface area (Å²) in [5.41, 5.74) is 1.37. The zero-order valence-electron chi connectivity index (χ0n) is 34.8. The van der Waals surface area contributed by atoms with Gasteiger partial charge < -0.3 is 19.5 Å². The molecule has 7 aromatic rings. The molecule has 61 heavy (non-hydrogen) atoms. The Balaban J connectivity index is 0.000000517. The molecule has 5 aromatic carbocycles. The summed E-state index contributed by atoms with van der Waals surface area (Å²) < 4.78 is 20.4. The molecular formula is C50H49N5O6. The van der Waals surface area contributed by atoms with E-state index in [4.69, 9.17) is 14.2 Å². The SMILES string of the molecule is CC.CC.COC1C(=O)C(COC(c2ccccc2)(c2ccccc2)c2ccccc2)OC1(C#N)c1ccc2c(NC(=O)c3ccccc3)ncnn12.O=Cc1ccccc1. The number of nitrogens with one attached hydrogen (secondary N) is 1. The number of ketones is 1. The van der Waals surface area contributed by atoms with E-state index < -0.39 is 29.2 Å². The van der Waals surface area contributed by atoms with E-state index in [9.17, 15) is 19.6 Å². The van der Waals surface area contributed by atoms with Crippen molar-refractivity contribution in [3.05, 3.63) is 204 Å². The number of Topliss-reactive ketones (excluding diaryl/α,β-unsaturated/α-hetero) is 1.